The summed E-state index contributed by atoms with van der Waals surface area (Å²) < 4.78 is 0. The maximum absolute atomic E-state index is 9.26. The molecule has 0 aromatic rings. The molecule has 1 saturated heterocycles. The number of aliphatic hydroxyl groups excluding tert-OH is 1. The molecule has 2 aliphatic rings. The van der Waals surface area contributed by atoms with Gasteiger partial charge in [0.2, 0.25) is 0 Å². The Bertz CT molecular complexity index is 321. The summed E-state index contributed by atoms with van der Waals surface area (Å²) in [5, 5.41) is 9.26. The van der Waals surface area contributed by atoms with E-state index < -0.39 is 0 Å². The second kappa shape index (κ2) is 6.53. The highest BCUT2D eigenvalue weighted by Gasteiger charge is 2.21. The summed E-state index contributed by atoms with van der Waals surface area (Å²) in [6, 6.07) is 0. The zero-order valence-corrected chi connectivity index (χ0v) is 11.7. The third-order valence-corrected chi connectivity index (χ3v) is 4.49. The molecule has 0 spiro atoms. The van der Waals surface area contributed by atoms with E-state index in [1.165, 1.54) is 44.2 Å². The van der Waals surface area contributed by atoms with Crippen LogP contribution in [0.25, 0.3) is 0 Å². The minimum absolute atomic E-state index is 0.354. The molecule has 2 atom stereocenters. The van der Waals surface area contributed by atoms with E-state index in [4.69, 9.17) is 0 Å². The van der Waals surface area contributed by atoms with Gasteiger partial charge >= 0.3 is 0 Å². The monoisotopic (exact) mass is 249 g/mol. The SMILES string of the molecule is C=C(C)C1CC=C(CN2CCCC(CO)C2)CC1. The first-order chi connectivity index (χ1) is 8.69. The topological polar surface area (TPSA) is 23.5 Å². The van der Waals surface area contributed by atoms with E-state index in [1.807, 2.05) is 0 Å². The molecule has 0 saturated carbocycles. The van der Waals surface area contributed by atoms with Gasteiger partial charge in [-0.25, -0.2) is 0 Å². The molecule has 1 heterocycles. The Labute approximate surface area is 111 Å². The molecule has 1 aliphatic carbocycles. The molecule has 2 unspecified atom stereocenters. The van der Waals surface area contributed by atoms with Gasteiger partial charge in [0.15, 0.2) is 0 Å². The molecule has 1 aliphatic heterocycles. The van der Waals surface area contributed by atoms with Gasteiger partial charge in [0, 0.05) is 19.7 Å². The molecule has 2 heteroatoms. The number of nitrogens with zero attached hydrogens (tertiary/aromatic N) is 1. The van der Waals surface area contributed by atoms with Crippen LogP contribution in [0.3, 0.4) is 0 Å². The van der Waals surface area contributed by atoms with Crippen molar-refractivity contribution in [1.29, 1.82) is 0 Å². The Morgan fingerprint density at radius 1 is 1.50 bits per heavy atom. The van der Waals surface area contributed by atoms with E-state index in [0.29, 0.717) is 18.4 Å². The summed E-state index contributed by atoms with van der Waals surface area (Å²) in [6.45, 7) is 9.99. The predicted molar refractivity (Wildman–Crippen MR) is 76.5 cm³/mol. The first kappa shape index (κ1) is 13.8. The molecule has 0 amide bonds. The molecule has 2 nitrogen and oxygen atoms in total. The average Bonchev–Trinajstić information content (AvgIpc) is 2.39. The van der Waals surface area contributed by atoms with Crippen molar-refractivity contribution in [1.82, 2.24) is 4.90 Å². The van der Waals surface area contributed by atoms with Crippen molar-refractivity contribution < 1.29 is 5.11 Å². The molecule has 18 heavy (non-hydrogen) atoms. The minimum atomic E-state index is 0.354. The lowest BCUT2D eigenvalue weighted by Gasteiger charge is -2.33. The minimum Gasteiger partial charge on any atom is -0.396 e. The molecular formula is C16H27NO. The lowest BCUT2D eigenvalue weighted by Crippen LogP contribution is -2.38. The second-order valence-electron chi connectivity index (χ2n) is 6.11. The van der Waals surface area contributed by atoms with Gasteiger partial charge in [-0.2, -0.15) is 0 Å². The summed E-state index contributed by atoms with van der Waals surface area (Å²) in [4.78, 5) is 2.53. The first-order valence-electron chi connectivity index (χ1n) is 7.35. The van der Waals surface area contributed by atoms with E-state index in [9.17, 15) is 5.11 Å². The van der Waals surface area contributed by atoms with Gasteiger partial charge < -0.3 is 5.11 Å². The van der Waals surface area contributed by atoms with E-state index >= 15 is 0 Å². The van der Waals surface area contributed by atoms with Gasteiger partial charge in [0.1, 0.15) is 0 Å². The number of hydrogen-bond acceptors (Lipinski definition) is 2. The largest absolute Gasteiger partial charge is 0.396 e. The van der Waals surface area contributed by atoms with Crippen molar-refractivity contribution in [3.05, 3.63) is 23.8 Å². The van der Waals surface area contributed by atoms with Crippen molar-refractivity contribution in [3.63, 3.8) is 0 Å². The molecular weight excluding hydrogens is 222 g/mol. The Balaban J connectivity index is 1.81. The van der Waals surface area contributed by atoms with Crippen LogP contribution in [0.15, 0.2) is 23.8 Å². The van der Waals surface area contributed by atoms with Crippen molar-refractivity contribution in [2.24, 2.45) is 11.8 Å². The molecule has 0 aromatic heterocycles. The molecule has 0 aromatic carbocycles. The van der Waals surface area contributed by atoms with Crippen LogP contribution in [0.2, 0.25) is 0 Å². The van der Waals surface area contributed by atoms with Crippen LogP contribution in [0.5, 0.6) is 0 Å². The van der Waals surface area contributed by atoms with Crippen LogP contribution < -0.4 is 0 Å². The normalized spacial score (nSPS) is 30.0. The number of allylic oxidation sites excluding steroid dienone is 2. The van der Waals surface area contributed by atoms with Crippen molar-refractivity contribution >= 4 is 0 Å². The van der Waals surface area contributed by atoms with E-state index in [0.717, 1.165) is 13.1 Å². The molecule has 2 rings (SSSR count). The Morgan fingerprint density at radius 3 is 2.94 bits per heavy atom. The average molecular weight is 249 g/mol. The quantitative estimate of drug-likeness (QED) is 0.774. The predicted octanol–water partition coefficient (Wildman–Crippen LogP) is 2.99. The van der Waals surface area contributed by atoms with Gasteiger partial charge in [-0.15, -0.1) is 0 Å². The fourth-order valence-corrected chi connectivity index (χ4v) is 3.21. The van der Waals surface area contributed by atoms with Gasteiger partial charge in [-0.1, -0.05) is 23.8 Å². The van der Waals surface area contributed by atoms with E-state index in [-0.39, 0.29) is 0 Å². The lowest BCUT2D eigenvalue weighted by molar-refractivity contribution is 0.126. The molecule has 0 bridgehead atoms. The molecule has 0 radical (unpaired) electrons. The fraction of sp³-hybridized carbons (Fsp3) is 0.750. The van der Waals surface area contributed by atoms with Crippen molar-refractivity contribution in [2.45, 2.75) is 39.0 Å². The lowest BCUT2D eigenvalue weighted by atomic mass is 9.85. The Morgan fingerprint density at radius 2 is 2.33 bits per heavy atom. The summed E-state index contributed by atoms with van der Waals surface area (Å²) in [6.07, 6.45) is 8.57. The van der Waals surface area contributed by atoms with Gasteiger partial charge in [-0.3, -0.25) is 4.90 Å². The van der Waals surface area contributed by atoms with Crippen LogP contribution in [-0.2, 0) is 0 Å². The number of rotatable bonds is 4. The fourth-order valence-electron chi connectivity index (χ4n) is 3.21. The number of likely N-dealkylation sites (tertiary alicyclic amines) is 1. The Kier molecular flexibility index (Phi) is 5.02. The third kappa shape index (κ3) is 3.69. The maximum atomic E-state index is 9.26. The molecule has 1 fully saturated rings. The number of aliphatic hydroxyl groups is 1. The smallest absolute Gasteiger partial charge is 0.0471 e. The second-order valence-corrected chi connectivity index (χ2v) is 6.11. The first-order valence-corrected chi connectivity index (χ1v) is 7.35. The van der Waals surface area contributed by atoms with Crippen LogP contribution in [0, 0.1) is 11.8 Å². The Hall–Kier alpha value is -0.600. The van der Waals surface area contributed by atoms with Crippen LogP contribution >= 0.6 is 0 Å². The van der Waals surface area contributed by atoms with Gasteiger partial charge in [-0.05, 0) is 57.4 Å². The van der Waals surface area contributed by atoms with Crippen molar-refractivity contribution in [3.8, 4) is 0 Å². The maximum Gasteiger partial charge on any atom is 0.0471 e. The molecule has 1 N–H and O–H groups in total. The standard InChI is InChI=1S/C16H27NO/c1-13(2)16-7-5-14(6-8-16)10-17-9-3-4-15(11-17)12-18/h5,15-16,18H,1,3-4,6-12H2,2H3. The number of hydrogen-bond donors (Lipinski definition) is 1. The van der Waals surface area contributed by atoms with Crippen LogP contribution in [0.4, 0.5) is 0 Å². The summed E-state index contributed by atoms with van der Waals surface area (Å²) >= 11 is 0. The zero-order chi connectivity index (χ0) is 13.0. The third-order valence-electron chi connectivity index (χ3n) is 4.49. The highest BCUT2D eigenvalue weighted by Crippen LogP contribution is 2.29. The number of piperidine rings is 1. The highest BCUT2D eigenvalue weighted by atomic mass is 16.3. The van der Waals surface area contributed by atoms with E-state index in [1.54, 1.807) is 5.57 Å². The summed E-state index contributed by atoms with van der Waals surface area (Å²) in [5.74, 6) is 1.21. The molecule has 102 valence electrons. The van der Waals surface area contributed by atoms with Gasteiger partial charge in [0.05, 0.1) is 0 Å². The zero-order valence-electron chi connectivity index (χ0n) is 11.7. The highest BCUT2D eigenvalue weighted by molar-refractivity contribution is 5.13. The van der Waals surface area contributed by atoms with E-state index in [2.05, 4.69) is 24.5 Å². The van der Waals surface area contributed by atoms with Crippen LogP contribution in [-0.4, -0.2) is 36.2 Å². The summed E-state index contributed by atoms with van der Waals surface area (Å²) in [7, 11) is 0. The van der Waals surface area contributed by atoms with Crippen molar-refractivity contribution in [2.75, 3.05) is 26.2 Å². The summed E-state index contributed by atoms with van der Waals surface area (Å²) in [5.41, 5.74) is 2.94. The van der Waals surface area contributed by atoms with Gasteiger partial charge in [0.25, 0.3) is 0 Å². The van der Waals surface area contributed by atoms with Crippen LogP contribution in [0.1, 0.15) is 39.0 Å².